The van der Waals surface area contributed by atoms with E-state index in [1.165, 1.54) is 12.1 Å². The SMILES string of the molecule is CCOC(=O)c1coc(Nc2ccccc2F)n1. The Morgan fingerprint density at radius 1 is 1.50 bits per heavy atom. The molecule has 1 aromatic heterocycles. The van der Waals surface area contributed by atoms with Gasteiger partial charge in [0.15, 0.2) is 5.69 Å². The predicted octanol–water partition coefficient (Wildman–Crippen LogP) is 2.73. The van der Waals surface area contributed by atoms with E-state index in [-0.39, 0.29) is 24.0 Å². The van der Waals surface area contributed by atoms with Crippen molar-refractivity contribution >= 4 is 17.7 Å². The molecule has 1 heterocycles. The van der Waals surface area contributed by atoms with Crippen LogP contribution in [-0.2, 0) is 4.74 Å². The molecule has 2 aromatic rings. The number of ether oxygens (including phenoxy) is 1. The Hall–Kier alpha value is -2.37. The van der Waals surface area contributed by atoms with Gasteiger partial charge in [-0.05, 0) is 19.1 Å². The summed E-state index contributed by atoms with van der Waals surface area (Å²) in [5.41, 5.74) is 0.255. The molecular formula is C12H11FN2O3. The van der Waals surface area contributed by atoms with Gasteiger partial charge in [0.2, 0.25) is 0 Å². The van der Waals surface area contributed by atoms with Crippen molar-refractivity contribution in [2.45, 2.75) is 6.92 Å². The summed E-state index contributed by atoms with van der Waals surface area (Å²) in [6.07, 6.45) is 1.15. The third kappa shape index (κ3) is 2.65. The Balaban J connectivity index is 2.12. The first-order chi connectivity index (χ1) is 8.70. The first kappa shape index (κ1) is 12.1. The lowest BCUT2D eigenvalue weighted by molar-refractivity contribution is 0.0519. The largest absolute Gasteiger partial charge is 0.461 e. The van der Waals surface area contributed by atoms with Crippen molar-refractivity contribution in [2.24, 2.45) is 0 Å². The van der Waals surface area contributed by atoms with E-state index in [2.05, 4.69) is 10.3 Å². The van der Waals surface area contributed by atoms with Crippen LogP contribution in [0.2, 0.25) is 0 Å². The monoisotopic (exact) mass is 250 g/mol. The molecule has 0 saturated carbocycles. The summed E-state index contributed by atoms with van der Waals surface area (Å²) in [7, 11) is 0. The minimum atomic E-state index is -0.581. The average Bonchev–Trinajstić information content (AvgIpc) is 2.81. The molecule has 2 rings (SSSR count). The van der Waals surface area contributed by atoms with Gasteiger partial charge < -0.3 is 14.5 Å². The van der Waals surface area contributed by atoms with E-state index in [9.17, 15) is 9.18 Å². The molecule has 6 heteroatoms. The van der Waals surface area contributed by atoms with Crippen LogP contribution in [0.25, 0.3) is 0 Å². The fourth-order valence-corrected chi connectivity index (χ4v) is 1.31. The van der Waals surface area contributed by atoms with Gasteiger partial charge in [0.05, 0.1) is 12.3 Å². The lowest BCUT2D eigenvalue weighted by Gasteiger charge is -2.01. The second kappa shape index (κ2) is 5.31. The summed E-state index contributed by atoms with van der Waals surface area (Å²) in [5.74, 6) is -1.02. The van der Waals surface area contributed by atoms with E-state index in [1.54, 1.807) is 19.1 Å². The number of hydrogen-bond acceptors (Lipinski definition) is 5. The van der Waals surface area contributed by atoms with E-state index >= 15 is 0 Å². The fourth-order valence-electron chi connectivity index (χ4n) is 1.31. The predicted molar refractivity (Wildman–Crippen MR) is 62.1 cm³/mol. The van der Waals surface area contributed by atoms with E-state index in [0.717, 1.165) is 6.26 Å². The topological polar surface area (TPSA) is 64.4 Å². The van der Waals surface area contributed by atoms with Crippen LogP contribution in [0.5, 0.6) is 0 Å². The Labute approximate surface area is 103 Å². The highest BCUT2D eigenvalue weighted by Gasteiger charge is 2.13. The number of rotatable bonds is 4. The van der Waals surface area contributed by atoms with Crippen LogP contribution >= 0.6 is 0 Å². The third-order valence-corrected chi connectivity index (χ3v) is 2.10. The molecule has 5 nitrogen and oxygen atoms in total. The molecule has 1 N–H and O–H groups in total. The highest BCUT2D eigenvalue weighted by molar-refractivity contribution is 5.87. The van der Waals surface area contributed by atoms with Crippen molar-refractivity contribution in [2.75, 3.05) is 11.9 Å². The van der Waals surface area contributed by atoms with E-state index in [4.69, 9.17) is 9.15 Å². The first-order valence-corrected chi connectivity index (χ1v) is 5.35. The number of para-hydroxylation sites is 1. The van der Waals surface area contributed by atoms with Crippen molar-refractivity contribution in [3.8, 4) is 0 Å². The van der Waals surface area contributed by atoms with Gasteiger partial charge in [-0.2, -0.15) is 4.98 Å². The summed E-state index contributed by atoms with van der Waals surface area (Å²) in [6, 6.07) is 6.10. The zero-order chi connectivity index (χ0) is 13.0. The van der Waals surface area contributed by atoms with Gasteiger partial charge in [-0.3, -0.25) is 0 Å². The Kier molecular flexibility index (Phi) is 3.57. The number of anilines is 2. The van der Waals surface area contributed by atoms with Crippen molar-refractivity contribution in [3.05, 3.63) is 42.0 Å². The molecule has 0 aliphatic heterocycles. The van der Waals surface area contributed by atoms with Crippen LogP contribution in [0.3, 0.4) is 0 Å². The summed E-state index contributed by atoms with van der Waals surface area (Å²) in [5, 5.41) is 2.63. The van der Waals surface area contributed by atoms with Crippen LogP contribution in [-0.4, -0.2) is 17.6 Å². The maximum atomic E-state index is 13.3. The van der Waals surface area contributed by atoms with Gasteiger partial charge in [0, 0.05) is 0 Å². The summed E-state index contributed by atoms with van der Waals surface area (Å²) in [6.45, 7) is 1.94. The standard InChI is InChI=1S/C12H11FN2O3/c1-2-17-11(16)10-7-18-12(15-10)14-9-6-4-3-5-8(9)13/h3-7H,2H2,1H3,(H,14,15). The minimum Gasteiger partial charge on any atom is -0.461 e. The van der Waals surface area contributed by atoms with Crippen molar-refractivity contribution in [3.63, 3.8) is 0 Å². The lowest BCUT2D eigenvalue weighted by Crippen LogP contribution is -2.05. The molecule has 18 heavy (non-hydrogen) atoms. The van der Waals surface area contributed by atoms with Gasteiger partial charge in [-0.15, -0.1) is 0 Å². The molecule has 0 unspecified atom stereocenters. The second-order valence-electron chi connectivity index (χ2n) is 3.36. The van der Waals surface area contributed by atoms with E-state index in [0.29, 0.717) is 0 Å². The number of nitrogens with zero attached hydrogens (tertiary/aromatic N) is 1. The number of benzene rings is 1. The van der Waals surface area contributed by atoms with E-state index in [1.807, 2.05) is 0 Å². The number of hydrogen-bond donors (Lipinski definition) is 1. The Morgan fingerprint density at radius 3 is 3.00 bits per heavy atom. The molecular weight excluding hydrogens is 239 g/mol. The van der Waals surface area contributed by atoms with Gasteiger partial charge in [-0.1, -0.05) is 12.1 Å². The summed E-state index contributed by atoms with van der Waals surface area (Å²) >= 11 is 0. The van der Waals surface area contributed by atoms with Gasteiger partial charge in [-0.25, -0.2) is 9.18 Å². The van der Waals surface area contributed by atoms with Crippen LogP contribution in [0, 0.1) is 5.82 Å². The van der Waals surface area contributed by atoms with Crippen molar-refractivity contribution < 1.29 is 18.3 Å². The van der Waals surface area contributed by atoms with Crippen LogP contribution in [0.4, 0.5) is 16.1 Å². The number of halogens is 1. The molecule has 0 radical (unpaired) electrons. The minimum absolute atomic E-state index is 0.0307. The average molecular weight is 250 g/mol. The molecule has 0 aliphatic rings. The third-order valence-electron chi connectivity index (χ3n) is 2.10. The number of aromatic nitrogens is 1. The van der Waals surface area contributed by atoms with Crippen molar-refractivity contribution in [1.29, 1.82) is 0 Å². The Bertz CT molecular complexity index is 554. The molecule has 0 saturated heterocycles. The zero-order valence-corrected chi connectivity index (χ0v) is 9.64. The first-order valence-electron chi connectivity index (χ1n) is 5.35. The molecule has 94 valence electrons. The molecule has 0 aliphatic carbocycles. The highest BCUT2D eigenvalue weighted by atomic mass is 19.1. The summed E-state index contributed by atoms with van der Waals surface area (Å²) < 4.78 is 23.1. The maximum absolute atomic E-state index is 13.3. The smallest absolute Gasteiger partial charge is 0.360 e. The quantitative estimate of drug-likeness (QED) is 0.845. The normalized spacial score (nSPS) is 10.1. The molecule has 0 bridgehead atoms. The maximum Gasteiger partial charge on any atom is 0.360 e. The zero-order valence-electron chi connectivity index (χ0n) is 9.64. The number of carbonyl (C=O) groups is 1. The van der Waals surface area contributed by atoms with E-state index < -0.39 is 11.8 Å². The summed E-state index contributed by atoms with van der Waals surface area (Å²) in [4.78, 5) is 15.2. The highest BCUT2D eigenvalue weighted by Crippen LogP contribution is 2.19. The fraction of sp³-hybridized carbons (Fsp3) is 0.167. The van der Waals surface area contributed by atoms with Crippen molar-refractivity contribution in [1.82, 2.24) is 4.98 Å². The van der Waals surface area contributed by atoms with Gasteiger partial charge in [0.25, 0.3) is 6.01 Å². The molecule has 0 atom stereocenters. The number of nitrogens with one attached hydrogen (secondary N) is 1. The molecule has 0 amide bonds. The number of carbonyl (C=O) groups excluding carboxylic acids is 1. The van der Waals surface area contributed by atoms with Crippen LogP contribution < -0.4 is 5.32 Å². The van der Waals surface area contributed by atoms with Gasteiger partial charge >= 0.3 is 5.97 Å². The van der Waals surface area contributed by atoms with Gasteiger partial charge in [0.1, 0.15) is 12.1 Å². The number of oxazole rings is 1. The number of esters is 1. The molecule has 1 aromatic carbocycles. The van der Waals surface area contributed by atoms with Crippen LogP contribution in [0.15, 0.2) is 34.9 Å². The van der Waals surface area contributed by atoms with Crippen LogP contribution in [0.1, 0.15) is 17.4 Å². The molecule has 0 fully saturated rings. The second-order valence-corrected chi connectivity index (χ2v) is 3.36. The lowest BCUT2D eigenvalue weighted by atomic mass is 10.3. The molecule has 0 spiro atoms. The Morgan fingerprint density at radius 2 is 2.28 bits per heavy atom.